The van der Waals surface area contributed by atoms with Gasteiger partial charge < -0.3 is 25.4 Å². The molecule has 170 valence electrons. The van der Waals surface area contributed by atoms with E-state index in [0.29, 0.717) is 41.1 Å². The topological polar surface area (TPSA) is 71.6 Å². The lowest BCUT2D eigenvalue weighted by Crippen LogP contribution is -2.45. The Morgan fingerprint density at radius 1 is 1.06 bits per heavy atom. The predicted octanol–water partition coefficient (Wildman–Crippen LogP) is 5.00. The number of anilines is 1. The fourth-order valence-corrected chi connectivity index (χ4v) is 3.77. The first kappa shape index (κ1) is 23.6. The second-order valence-corrected chi connectivity index (χ2v) is 8.14. The van der Waals surface area contributed by atoms with E-state index in [1.165, 1.54) is 0 Å². The van der Waals surface area contributed by atoms with E-state index in [1.807, 2.05) is 63.2 Å². The zero-order valence-electron chi connectivity index (χ0n) is 19.1. The second kappa shape index (κ2) is 11.0. The van der Waals surface area contributed by atoms with Crippen LogP contribution in [0.3, 0.4) is 0 Å². The lowest BCUT2D eigenvalue weighted by atomic mass is 9.94. The van der Waals surface area contributed by atoms with E-state index < -0.39 is 6.04 Å². The quantitative estimate of drug-likeness (QED) is 0.366. The summed E-state index contributed by atoms with van der Waals surface area (Å²) in [6, 6.07) is 13.1. The van der Waals surface area contributed by atoms with Crippen LogP contribution in [0.5, 0.6) is 11.5 Å². The number of unbranched alkanes of at least 4 members (excludes halogenated alkanes) is 1. The van der Waals surface area contributed by atoms with Gasteiger partial charge in [0.25, 0.3) is 5.91 Å². The first-order valence-corrected chi connectivity index (χ1v) is 11.4. The van der Waals surface area contributed by atoms with Gasteiger partial charge in [-0.25, -0.2) is 0 Å². The summed E-state index contributed by atoms with van der Waals surface area (Å²) in [7, 11) is 0. The van der Waals surface area contributed by atoms with Crippen molar-refractivity contribution in [1.82, 2.24) is 10.6 Å². The van der Waals surface area contributed by atoms with Crippen molar-refractivity contribution in [3.63, 3.8) is 0 Å². The van der Waals surface area contributed by atoms with E-state index in [9.17, 15) is 4.79 Å². The maximum Gasteiger partial charge on any atom is 0.255 e. The van der Waals surface area contributed by atoms with Crippen molar-refractivity contribution in [2.45, 2.75) is 46.6 Å². The van der Waals surface area contributed by atoms with Gasteiger partial charge in [0.15, 0.2) is 16.6 Å². The van der Waals surface area contributed by atoms with Gasteiger partial charge in [0.05, 0.1) is 24.8 Å². The van der Waals surface area contributed by atoms with Crippen molar-refractivity contribution in [3.8, 4) is 11.5 Å². The van der Waals surface area contributed by atoms with Gasteiger partial charge in [-0.2, -0.15) is 0 Å². The molecule has 6 nitrogen and oxygen atoms in total. The molecule has 0 aliphatic carbocycles. The van der Waals surface area contributed by atoms with Crippen LogP contribution in [0.4, 0.5) is 5.69 Å². The predicted molar refractivity (Wildman–Crippen MR) is 132 cm³/mol. The zero-order valence-corrected chi connectivity index (χ0v) is 19.9. The van der Waals surface area contributed by atoms with Crippen LogP contribution in [-0.2, 0) is 4.79 Å². The fraction of sp³-hybridized carbons (Fsp3) is 0.360. The minimum atomic E-state index is -0.418. The highest BCUT2D eigenvalue weighted by Crippen LogP contribution is 2.35. The third-order valence-corrected chi connectivity index (χ3v) is 5.40. The van der Waals surface area contributed by atoms with Gasteiger partial charge in [-0.05, 0) is 69.2 Å². The molecule has 2 aromatic rings. The highest BCUT2D eigenvalue weighted by Gasteiger charge is 2.30. The molecule has 3 N–H and O–H groups in total. The Morgan fingerprint density at radius 2 is 1.81 bits per heavy atom. The number of carbonyl (C=O) groups excluding carboxylic acids is 1. The molecular weight excluding hydrogens is 422 g/mol. The van der Waals surface area contributed by atoms with Gasteiger partial charge in [0.2, 0.25) is 0 Å². The molecule has 0 bridgehead atoms. The molecular formula is C25H31N3O3S. The van der Waals surface area contributed by atoms with Crippen molar-refractivity contribution in [2.75, 3.05) is 18.5 Å². The number of ether oxygens (including phenoxy) is 2. The van der Waals surface area contributed by atoms with Gasteiger partial charge in [0.1, 0.15) is 0 Å². The summed E-state index contributed by atoms with van der Waals surface area (Å²) < 4.78 is 11.7. The second-order valence-electron chi connectivity index (χ2n) is 7.73. The Kier molecular flexibility index (Phi) is 8.11. The third kappa shape index (κ3) is 5.79. The molecule has 32 heavy (non-hydrogen) atoms. The van der Waals surface area contributed by atoms with E-state index in [4.69, 9.17) is 21.7 Å². The molecule has 0 spiro atoms. The van der Waals surface area contributed by atoms with E-state index in [-0.39, 0.29) is 5.91 Å². The van der Waals surface area contributed by atoms with E-state index in [2.05, 4.69) is 22.9 Å². The largest absolute Gasteiger partial charge is 0.490 e. The third-order valence-electron chi connectivity index (χ3n) is 5.18. The van der Waals surface area contributed by atoms with Gasteiger partial charge in [0, 0.05) is 11.4 Å². The van der Waals surface area contributed by atoms with E-state index in [1.54, 1.807) is 0 Å². The van der Waals surface area contributed by atoms with Crippen LogP contribution in [0.25, 0.3) is 0 Å². The smallest absolute Gasteiger partial charge is 0.255 e. The Morgan fingerprint density at radius 3 is 2.50 bits per heavy atom. The normalized spacial score (nSPS) is 15.6. The summed E-state index contributed by atoms with van der Waals surface area (Å²) in [4.78, 5) is 13.3. The Hall–Kier alpha value is -3.06. The van der Waals surface area contributed by atoms with Gasteiger partial charge in [-0.1, -0.05) is 37.1 Å². The molecule has 1 aliphatic heterocycles. The highest BCUT2D eigenvalue weighted by atomic mass is 32.1. The highest BCUT2D eigenvalue weighted by molar-refractivity contribution is 7.80. The van der Waals surface area contributed by atoms with Crippen molar-refractivity contribution in [2.24, 2.45) is 0 Å². The molecule has 0 radical (unpaired) electrons. The Bertz CT molecular complexity index is 1000. The van der Waals surface area contributed by atoms with Crippen LogP contribution in [0, 0.1) is 6.92 Å². The molecule has 1 amide bonds. The van der Waals surface area contributed by atoms with Crippen LogP contribution >= 0.6 is 12.2 Å². The van der Waals surface area contributed by atoms with E-state index in [0.717, 1.165) is 29.7 Å². The molecule has 0 fully saturated rings. The van der Waals surface area contributed by atoms with Crippen molar-refractivity contribution in [3.05, 3.63) is 64.9 Å². The number of carbonyl (C=O) groups is 1. The summed E-state index contributed by atoms with van der Waals surface area (Å²) in [6.45, 7) is 9.08. The SMILES string of the molecule is CCCCOc1ccc([C@@H]2NC(=S)NC(C)=C2C(=O)Nc2ccc(C)cc2)cc1OCC. The molecule has 7 heteroatoms. The molecule has 2 aromatic carbocycles. The Labute approximate surface area is 195 Å². The van der Waals surface area contributed by atoms with Crippen molar-refractivity contribution >= 4 is 28.9 Å². The molecule has 0 unspecified atom stereocenters. The average Bonchev–Trinajstić information content (AvgIpc) is 2.76. The summed E-state index contributed by atoms with van der Waals surface area (Å²) >= 11 is 5.38. The molecule has 0 aromatic heterocycles. The monoisotopic (exact) mass is 453 g/mol. The fourth-order valence-electron chi connectivity index (χ4n) is 3.50. The summed E-state index contributed by atoms with van der Waals surface area (Å²) in [5.41, 5.74) is 4.02. The lowest BCUT2D eigenvalue weighted by Gasteiger charge is -2.30. The maximum absolute atomic E-state index is 13.3. The zero-order chi connectivity index (χ0) is 23.1. The Balaban J connectivity index is 1.91. The first-order chi connectivity index (χ1) is 15.4. The van der Waals surface area contributed by atoms with Crippen LogP contribution < -0.4 is 25.4 Å². The maximum atomic E-state index is 13.3. The van der Waals surface area contributed by atoms with Crippen LogP contribution in [0.1, 0.15) is 50.8 Å². The summed E-state index contributed by atoms with van der Waals surface area (Å²) in [6.07, 6.45) is 2.03. The minimum Gasteiger partial charge on any atom is -0.490 e. The number of allylic oxidation sites excluding steroid dienone is 1. The van der Waals surface area contributed by atoms with Gasteiger partial charge in [-0.15, -0.1) is 0 Å². The number of rotatable bonds is 9. The number of aryl methyl sites for hydroxylation is 1. The van der Waals surface area contributed by atoms with Gasteiger partial charge >= 0.3 is 0 Å². The van der Waals surface area contributed by atoms with E-state index >= 15 is 0 Å². The van der Waals surface area contributed by atoms with Crippen molar-refractivity contribution < 1.29 is 14.3 Å². The standard InChI is InChI=1S/C25H31N3O3S/c1-5-7-14-31-20-13-10-18(15-21(20)30-6-2)23-22(17(4)26-25(32)28-23)24(29)27-19-11-8-16(3)9-12-19/h8-13,15,23H,5-7,14H2,1-4H3,(H,27,29)(H2,26,28,32)/t23-/m0/s1. The molecule has 1 heterocycles. The van der Waals surface area contributed by atoms with Gasteiger partial charge in [-0.3, -0.25) is 4.79 Å². The van der Waals surface area contributed by atoms with Crippen LogP contribution in [0.2, 0.25) is 0 Å². The summed E-state index contributed by atoms with van der Waals surface area (Å²) in [5.74, 6) is 1.16. The molecule has 0 saturated heterocycles. The van der Waals surface area contributed by atoms with Crippen molar-refractivity contribution in [1.29, 1.82) is 0 Å². The lowest BCUT2D eigenvalue weighted by molar-refractivity contribution is -0.113. The number of amides is 1. The average molecular weight is 454 g/mol. The molecule has 3 rings (SSSR count). The number of hydrogen-bond donors (Lipinski definition) is 3. The number of thiocarbonyl (C=S) groups is 1. The minimum absolute atomic E-state index is 0.194. The number of nitrogens with one attached hydrogen (secondary N) is 3. The summed E-state index contributed by atoms with van der Waals surface area (Å²) in [5, 5.41) is 9.77. The first-order valence-electron chi connectivity index (χ1n) is 11.0. The molecule has 1 atom stereocenters. The molecule has 0 saturated carbocycles. The number of hydrogen-bond acceptors (Lipinski definition) is 4. The van der Waals surface area contributed by atoms with Crippen LogP contribution in [0.15, 0.2) is 53.7 Å². The number of benzene rings is 2. The molecule has 1 aliphatic rings. The van der Waals surface area contributed by atoms with Crippen LogP contribution in [-0.4, -0.2) is 24.2 Å².